The predicted octanol–water partition coefficient (Wildman–Crippen LogP) is 4.62. The molecule has 2 aromatic carbocycles. The lowest BCUT2D eigenvalue weighted by Gasteiger charge is -2.30. The van der Waals surface area contributed by atoms with E-state index in [1.165, 1.54) is 11.1 Å². The molecule has 1 aromatic heterocycles. The van der Waals surface area contributed by atoms with Gasteiger partial charge in [0.2, 0.25) is 0 Å². The minimum Gasteiger partial charge on any atom is -0.486 e. The smallest absolute Gasteiger partial charge is 0.254 e. The Morgan fingerprint density at radius 2 is 1.85 bits per heavy atom. The van der Waals surface area contributed by atoms with Crippen LogP contribution in [0.5, 0.6) is 5.75 Å². The Kier molecular flexibility index (Phi) is 8.32. The van der Waals surface area contributed by atoms with Crippen LogP contribution in [0.25, 0.3) is 0 Å². The normalized spacial score (nSPS) is 14.2. The number of carbonyl (C=O) groups is 1. The fourth-order valence-corrected chi connectivity index (χ4v) is 4.86. The first-order valence-electron chi connectivity index (χ1n) is 11.8. The standard InChI is InChI=1S/C27H33N3O3S/c1-20-14-21(2)16-24(15-20)33-18-26-28-23(19-34-26)17-30(9-8-29-10-12-32-13-11-29)27(31)25-7-5-4-6-22(25)3/h4-7,14-16,19H,8-13,17-18H2,1-3H3. The van der Waals surface area contributed by atoms with Gasteiger partial charge in [-0.25, -0.2) is 4.98 Å². The molecule has 6 nitrogen and oxygen atoms in total. The summed E-state index contributed by atoms with van der Waals surface area (Å²) in [4.78, 5) is 22.5. The molecule has 1 aliphatic heterocycles. The van der Waals surface area contributed by atoms with Crippen molar-refractivity contribution in [3.05, 3.63) is 80.8 Å². The average Bonchev–Trinajstić information content (AvgIpc) is 3.28. The van der Waals surface area contributed by atoms with Crippen LogP contribution in [-0.2, 0) is 17.9 Å². The van der Waals surface area contributed by atoms with E-state index in [4.69, 9.17) is 14.5 Å². The summed E-state index contributed by atoms with van der Waals surface area (Å²) in [6.07, 6.45) is 0. The number of morpholine rings is 1. The maximum absolute atomic E-state index is 13.5. The molecule has 0 atom stereocenters. The van der Waals surface area contributed by atoms with E-state index in [1.54, 1.807) is 11.3 Å². The van der Waals surface area contributed by atoms with Gasteiger partial charge >= 0.3 is 0 Å². The highest BCUT2D eigenvalue weighted by Gasteiger charge is 2.21. The van der Waals surface area contributed by atoms with E-state index in [0.29, 0.717) is 19.7 Å². The zero-order valence-corrected chi connectivity index (χ0v) is 21.1. The number of aromatic nitrogens is 1. The summed E-state index contributed by atoms with van der Waals surface area (Å²) in [6, 6.07) is 14.0. The van der Waals surface area contributed by atoms with Gasteiger partial charge in [-0.2, -0.15) is 0 Å². The molecule has 0 spiro atoms. The van der Waals surface area contributed by atoms with Crippen LogP contribution in [0.1, 0.15) is 37.7 Å². The summed E-state index contributed by atoms with van der Waals surface area (Å²) in [5, 5.41) is 2.94. The zero-order valence-electron chi connectivity index (χ0n) is 20.3. The number of hydrogen-bond donors (Lipinski definition) is 0. The lowest BCUT2D eigenvalue weighted by molar-refractivity contribution is 0.0319. The van der Waals surface area contributed by atoms with E-state index in [1.807, 2.05) is 53.6 Å². The second kappa shape index (κ2) is 11.6. The highest BCUT2D eigenvalue weighted by molar-refractivity contribution is 7.09. The number of hydrogen-bond acceptors (Lipinski definition) is 6. The first kappa shape index (κ1) is 24.4. The molecule has 34 heavy (non-hydrogen) atoms. The molecule has 0 unspecified atom stereocenters. The quantitative estimate of drug-likeness (QED) is 0.448. The molecule has 0 radical (unpaired) electrons. The summed E-state index contributed by atoms with van der Waals surface area (Å²) < 4.78 is 11.4. The maximum Gasteiger partial charge on any atom is 0.254 e. The van der Waals surface area contributed by atoms with E-state index < -0.39 is 0 Å². The van der Waals surface area contributed by atoms with Gasteiger partial charge in [0.15, 0.2) is 0 Å². The zero-order chi connectivity index (χ0) is 23.9. The van der Waals surface area contributed by atoms with Crippen molar-refractivity contribution in [2.45, 2.75) is 33.9 Å². The topological polar surface area (TPSA) is 54.9 Å². The first-order chi connectivity index (χ1) is 16.5. The fraction of sp³-hybridized carbons (Fsp3) is 0.407. The van der Waals surface area contributed by atoms with Crippen LogP contribution >= 0.6 is 11.3 Å². The van der Waals surface area contributed by atoms with Crippen molar-refractivity contribution in [3.8, 4) is 5.75 Å². The van der Waals surface area contributed by atoms with Gasteiger partial charge in [-0.1, -0.05) is 24.3 Å². The summed E-state index contributed by atoms with van der Waals surface area (Å²) in [5.41, 5.74) is 5.00. The van der Waals surface area contributed by atoms with E-state index >= 15 is 0 Å². The molecular weight excluding hydrogens is 446 g/mol. The molecule has 3 aromatic rings. The molecular formula is C27H33N3O3S. The first-order valence-corrected chi connectivity index (χ1v) is 12.7. The van der Waals surface area contributed by atoms with Crippen molar-refractivity contribution in [2.24, 2.45) is 0 Å². The van der Waals surface area contributed by atoms with E-state index in [-0.39, 0.29) is 5.91 Å². The molecule has 7 heteroatoms. The van der Waals surface area contributed by atoms with Crippen LogP contribution in [0.3, 0.4) is 0 Å². The molecule has 1 fully saturated rings. The molecule has 1 aliphatic rings. The molecule has 1 amide bonds. The molecule has 0 aliphatic carbocycles. The Morgan fingerprint density at radius 3 is 2.59 bits per heavy atom. The number of thiazole rings is 1. The monoisotopic (exact) mass is 479 g/mol. The van der Waals surface area contributed by atoms with E-state index in [9.17, 15) is 4.79 Å². The number of nitrogens with zero attached hydrogens (tertiary/aromatic N) is 3. The fourth-order valence-electron chi connectivity index (χ4n) is 4.17. The summed E-state index contributed by atoms with van der Waals surface area (Å²) in [6.45, 7) is 11.8. The number of ether oxygens (including phenoxy) is 2. The molecule has 2 heterocycles. The Labute approximate surface area is 206 Å². The second-order valence-electron chi connectivity index (χ2n) is 8.84. The van der Waals surface area contributed by atoms with E-state index in [0.717, 1.165) is 60.4 Å². The number of amides is 1. The van der Waals surface area contributed by atoms with Crippen LogP contribution in [0.2, 0.25) is 0 Å². The van der Waals surface area contributed by atoms with Gasteiger partial charge in [0.05, 0.1) is 25.5 Å². The number of rotatable bonds is 9. The third-order valence-corrected chi connectivity index (χ3v) is 6.83. The third kappa shape index (κ3) is 6.65. The summed E-state index contributed by atoms with van der Waals surface area (Å²) >= 11 is 1.57. The van der Waals surface area contributed by atoms with E-state index in [2.05, 4.69) is 24.8 Å². The Morgan fingerprint density at radius 1 is 1.12 bits per heavy atom. The van der Waals surface area contributed by atoms with Crippen molar-refractivity contribution >= 4 is 17.2 Å². The highest BCUT2D eigenvalue weighted by Crippen LogP contribution is 2.20. The van der Waals surface area contributed by atoms with Crippen LogP contribution in [-0.4, -0.2) is 60.1 Å². The number of carbonyl (C=O) groups excluding carboxylic acids is 1. The Balaban J connectivity index is 1.43. The molecule has 180 valence electrons. The van der Waals surface area contributed by atoms with Crippen LogP contribution in [0.4, 0.5) is 0 Å². The summed E-state index contributed by atoms with van der Waals surface area (Å²) in [7, 11) is 0. The second-order valence-corrected chi connectivity index (χ2v) is 9.78. The van der Waals surface area contributed by atoms with Crippen LogP contribution in [0, 0.1) is 20.8 Å². The lowest BCUT2D eigenvalue weighted by Crippen LogP contribution is -2.43. The molecule has 4 rings (SSSR count). The van der Waals surface area contributed by atoms with Crippen molar-refractivity contribution in [1.29, 1.82) is 0 Å². The predicted molar refractivity (Wildman–Crippen MR) is 136 cm³/mol. The van der Waals surface area contributed by atoms with Crippen molar-refractivity contribution in [1.82, 2.24) is 14.8 Å². The largest absolute Gasteiger partial charge is 0.486 e. The number of aryl methyl sites for hydroxylation is 3. The van der Waals surface area contributed by atoms with Gasteiger partial charge in [0, 0.05) is 37.1 Å². The van der Waals surface area contributed by atoms with Gasteiger partial charge in [-0.3, -0.25) is 9.69 Å². The van der Waals surface area contributed by atoms with Crippen LogP contribution < -0.4 is 4.74 Å². The maximum atomic E-state index is 13.5. The minimum absolute atomic E-state index is 0.0485. The minimum atomic E-state index is 0.0485. The van der Waals surface area contributed by atoms with Crippen molar-refractivity contribution in [2.75, 3.05) is 39.4 Å². The van der Waals surface area contributed by atoms with Crippen molar-refractivity contribution in [3.63, 3.8) is 0 Å². The van der Waals surface area contributed by atoms with Gasteiger partial charge in [-0.15, -0.1) is 11.3 Å². The Hall–Kier alpha value is -2.74. The molecule has 0 bridgehead atoms. The van der Waals surface area contributed by atoms with Gasteiger partial charge in [0.25, 0.3) is 5.91 Å². The molecule has 0 saturated carbocycles. The van der Waals surface area contributed by atoms with Gasteiger partial charge < -0.3 is 14.4 Å². The highest BCUT2D eigenvalue weighted by atomic mass is 32.1. The molecule has 0 N–H and O–H groups in total. The lowest BCUT2D eigenvalue weighted by atomic mass is 10.1. The van der Waals surface area contributed by atoms with Crippen molar-refractivity contribution < 1.29 is 14.3 Å². The average molecular weight is 480 g/mol. The number of benzene rings is 2. The molecule has 1 saturated heterocycles. The van der Waals surface area contributed by atoms with Crippen LogP contribution in [0.15, 0.2) is 47.8 Å². The Bertz CT molecular complexity index is 1090. The summed E-state index contributed by atoms with van der Waals surface area (Å²) in [5.74, 6) is 0.906. The SMILES string of the molecule is Cc1cc(C)cc(OCc2nc(CN(CCN3CCOCC3)C(=O)c3ccccc3C)cs2)c1. The van der Waals surface area contributed by atoms with Gasteiger partial charge in [0.1, 0.15) is 17.4 Å². The third-order valence-electron chi connectivity index (χ3n) is 5.96. The van der Waals surface area contributed by atoms with Gasteiger partial charge in [-0.05, 0) is 55.7 Å².